The molecule has 0 saturated carbocycles. The summed E-state index contributed by atoms with van der Waals surface area (Å²) in [6.07, 6.45) is 1.13. The van der Waals surface area contributed by atoms with E-state index in [1.807, 2.05) is 0 Å². The van der Waals surface area contributed by atoms with Crippen LogP contribution >= 0.6 is 23.6 Å². The number of hydrogen-bond acceptors (Lipinski definition) is 7. The van der Waals surface area contributed by atoms with Gasteiger partial charge in [-0.3, -0.25) is 4.90 Å². The maximum atomic E-state index is 12.2. The molecule has 1 saturated heterocycles. The second-order valence-electron chi connectivity index (χ2n) is 6.00. The van der Waals surface area contributed by atoms with Crippen molar-refractivity contribution < 1.29 is 19.1 Å². The lowest BCUT2D eigenvalue weighted by molar-refractivity contribution is 0.0601. The predicted octanol–water partition coefficient (Wildman–Crippen LogP) is 2.35. The van der Waals surface area contributed by atoms with Crippen LogP contribution in [0.5, 0.6) is 0 Å². The van der Waals surface area contributed by atoms with Gasteiger partial charge >= 0.3 is 11.9 Å². The van der Waals surface area contributed by atoms with Crippen molar-refractivity contribution in [1.29, 1.82) is 0 Å². The van der Waals surface area contributed by atoms with Crippen molar-refractivity contribution in [2.24, 2.45) is 0 Å². The number of thiophene rings is 1. The summed E-state index contributed by atoms with van der Waals surface area (Å²) < 4.78 is 9.66. The van der Waals surface area contributed by atoms with Crippen molar-refractivity contribution in [3.8, 4) is 0 Å². The number of carbonyl (C=O) groups is 2. The van der Waals surface area contributed by atoms with Crippen LogP contribution in [0.3, 0.4) is 0 Å². The highest BCUT2D eigenvalue weighted by Gasteiger charge is 2.27. The summed E-state index contributed by atoms with van der Waals surface area (Å²) >= 11 is 6.68. The minimum Gasteiger partial charge on any atom is -0.465 e. The number of thiocarbonyl (C=S) groups is 1. The molecule has 1 aromatic heterocycles. The molecule has 1 fully saturated rings. The van der Waals surface area contributed by atoms with E-state index in [9.17, 15) is 9.59 Å². The minimum atomic E-state index is -0.507. The van der Waals surface area contributed by atoms with Gasteiger partial charge in [0.25, 0.3) is 0 Å². The number of nitrogens with zero attached hydrogens (tertiary/aromatic N) is 2. The lowest BCUT2D eigenvalue weighted by Crippen LogP contribution is -2.50. The molecule has 144 valence electrons. The normalized spacial score (nSPS) is 14.8. The Balaban J connectivity index is 2.16. The average Bonchev–Trinajstić information content (AvgIpc) is 2.97. The van der Waals surface area contributed by atoms with Crippen molar-refractivity contribution in [2.75, 3.05) is 52.3 Å². The van der Waals surface area contributed by atoms with E-state index in [2.05, 4.69) is 22.0 Å². The van der Waals surface area contributed by atoms with E-state index in [4.69, 9.17) is 21.7 Å². The summed E-state index contributed by atoms with van der Waals surface area (Å²) in [7, 11) is 2.62. The first-order chi connectivity index (χ1) is 12.4. The van der Waals surface area contributed by atoms with Gasteiger partial charge in [0.15, 0.2) is 5.11 Å². The predicted molar refractivity (Wildman–Crippen MR) is 106 cm³/mol. The van der Waals surface area contributed by atoms with E-state index in [0.717, 1.165) is 50.5 Å². The number of anilines is 1. The third-order valence-corrected chi connectivity index (χ3v) is 5.87. The Labute approximate surface area is 163 Å². The zero-order valence-corrected chi connectivity index (χ0v) is 17.2. The van der Waals surface area contributed by atoms with Crippen LogP contribution in [0.2, 0.25) is 0 Å². The van der Waals surface area contributed by atoms with Gasteiger partial charge in [-0.25, -0.2) is 9.59 Å². The van der Waals surface area contributed by atoms with Gasteiger partial charge in [0.1, 0.15) is 9.88 Å². The van der Waals surface area contributed by atoms with Gasteiger partial charge in [-0.15, -0.1) is 11.3 Å². The number of rotatable bonds is 5. The third kappa shape index (κ3) is 4.52. The molecule has 1 aromatic rings. The highest BCUT2D eigenvalue weighted by Crippen LogP contribution is 2.34. The van der Waals surface area contributed by atoms with Crippen LogP contribution in [-0.4, -0.2) is 73.8 Å². The van der Waals surface area contributed by atoms with Crippen molar-refractivity contribution >= 4 is 45.6 Å². The van der Waals surface area contributed by atoms with E-state index in [1.165, 1.54) is 14.2 Å². The molecule has 26 heavy (non-hydrogen) atoms. The standard InChI is InChI=1S/C17H25N3O4S2/c1-5-6-19-7-9-20(10-8-19)17(25)18-14-12(15(21)23-3)11(2)13(26-14)16(22)24-4/h5-10H2,1-4H3,(H,18,25). The minimum absolute atomic E-state index is 0.324. The Morgan fingerprint density at radius 3 is 2.31 bits per heavy atom. The summed E-state index contributed by atoms with van der Waals surface area (Å²) in [5.74, 6) is -0.989. The fraction of sp³-hybridized carbons (Fsp3) is 0.588. The van der Waals surface area contributed by atoms with Gasteiger partial charge in [0, 0.05) is 26.2 Å². The van der Waals surface area contributed by atoms with Crippen molar-refractivity contribution in [2.45, 2.75) is 20.3 Å². The van der Waals surface area contributed by atoms with Crippen molar-refractivity contribution in [3.05, 3.63) is 16.0 Å². The van der Waals surface area contributed by atoms with E-state index in [-0.39, 0.29) is 0 Å². The fourth-order valence-corrected chi connectivity index (χ4v) is 4.37. The third-order valence-electron chi connectivity index (χ3n) is 4.33. The van der Waals surface area contributed by atoms with Crippen molar-refractivity contribution in [3.63, 3.8) is 0 Å². The van der Waals surface area contributed by atoms with Gasteiger partial charge in [0.2, 0.25) is 0 Å². The van der Waals surface area contributed by atoms with Crippen LogP contribution in [0.25, 0.3) is 0 Å². The van der Waals surface area contributed by atoms with Gasteiger partial charge < -0.3 is 19.7 Å². The molecule has 1 aliphatic heterocycles. The van der Waals surface area contributed by atoms with Crippen LogP contribution in [0, 0.1) is 6.92 Å². The summed E-state index contributed by atoms with van der Waals surface area (Å²) in [5.41, 5.74) is 0.858. The smallest absolute Gasteiger partial charge is 0.348 e. The van der Waals surface area contributed by atoms with Gasteiger partial charge in [-0.2, -0.15) is 0 Å². The summed E-state index contributed by atoms with van der Waals surface area (Å²) in [5, 5.41) is 4.19. The number of hydrogen-bond donors (Lipinski definition) is 1. The molecule has 0 bridgehead atoms. The molecule has 1 aliphatic rings. The molecule has 0 radical (unpaired) electrons. The van der Waals surface area contributed by atoms with E-state index in [1.54, 1.807) is 6.92 Å². The fourth-order valence-electron chi connectivity index (χ4n) is 2.90. The molecule has 0 aliphatic carbocycles. The lowest BCUT2D eigenvalue weighted by Gasteiger charge is -2.36. The zero-order valence-electron chi connectivity index (χ0n) is 15.6. The van der Waals surface area contributed by atoms with Gasteiger partial charge in [-0.1, -0.05) is 6.92 Å². The first kappa shape index (κ1) is 20.6. The van der Waals surface area contributed by atoms with Crippen LogP contribution in [-0.2, 0) is 9.47 Å². The molecule has 7 nitrogen and oxygen atoms in total. The van der Waals surface area contributed by atoms with E-state index < -0.39 is 11.9 Å². The highest BCUT2D eigenvalue weighted by atomic mass is 32.1. The van der Waals surface area contributed by atoms with Crippen LogP contribution < -0.4 is 5.32 Å². The summed E-state index contributed by atoms with van der Waals surface area (Å²) in [6, 6.07) is 0. The van der Waals surface area contributed by atoms with Gasteiger partial charge in [-0.05, 0) is 37.7 Å². The topological polar surface area (TPSA) is 71.1 Å². The maximum Gasteiger partial charge on any atom is 0.348 e. The molecule has 0 amide bonds. The van der Waals surface area contributed by atoms with E-state index >= 15 is 0 Å². The summed E-state index contributed by atoms with van der Waals surface area (Å²) in [6.45, 7) is 8.53. The maximum absolute atomic E-state index is 12.2. The first-order valence-electron chi connectivity index (χ1n) is 8.51. The van der Waals surface area contributed by atoms with Gasteiger partial charge in [0.05, 0.1) is 19.8 Å². The molecule has 2 heterocycles. The van der Waals surface area contributed by atoms with Crippen LogP contribution in [0.15, 0.2) is 0 Å². The zero-order chi connectivity index (χ0) is 19.3. The molecule has 0 aromatic carbocycles. The molecule has 0 unspecified atom stereocenters. The largest absolute Gasteiger partial charge is 0.465 e. The second kappa shape index (κ2) is 9.29. The molecular weight excluding hydrogens is 374 g/mol. The molecule has 2 rings (SSSR count). The number of methoxy groups -OCH3 is 2. The Bertz CT molecular complexity index is 682. The quantitative estimate of drug-likeness (QED) is 0.598. The van der Waals surface area contributed by atoms with Crippen LogP contribution in [0.1, 0.15) is 38.9 Å². The highest BCUT2D eigenvalue weighted by molar-refractivity contribution is 7.80. The second-order valence-corrected chi connectivity index (χ2v) is 7.41. The number of carbonyl (C=O) groups excluding carboxylic acids is 2. The SMILES string of the molecule is CCCN1CCN(C(=S)Nc2sc(C(=O)OC)c(C)c2C(=O)OC)CC1. The first-order valence-corrected chi connectivity index (χ1v) is 9.73. The summed E-state index contributed by atoms with van der Waals surface area (Å²) in [4.78, 5) is 29.0. The number of piperazine rings is 1. The van der Waals surface area contributed by atoms with Crippen LogP contribution in [0.4, 0.5) is 5.00 Å². The van der Waals surface area contributed by atoms with E-state index in [0.29, 0.717) is 26.1 Å². The number of esters is 2. The monoisotopic (exact) mass is 399 g/mol. The molecular formula is C17H25N3O4S2. The molecule has 1 N–H and O–H groups in total. The average molecular weight is 400 g/mol. The Kier molecular flexibility index (Phi) is 7.36. The molecule has 0 atom stereocenters. The van der Waals surface area contributed by atoms with Crippen molar-refractivity contribution in [1.82, 2.24) is 9.80 Å². The molecule has 9 heteroatoms. The Morgan fingerprint density at radius 1 is 1.15 bits per heavy atom. The lowest BCUT2D eigenvalue weighted by atomic mass is 10.1. The number of nitrogens with one attached hydrogen (secondary N) is 1. The Morgan fingerprint density at radius 2 is 1.77 bits per heavy atom. The Hall–Kier alpha value is -1.71. The molecule has 0 spiro atoms. The number of ether oxygens (including phenoxy) is 2.